The van der Waals surface area contributed by atoms with Gasteiger partial charge in [0.15, 0.2) is 0 Å². The van der Waals surface area contributed by atoms with E-state index < -0.39 is 25.4 Å². The molecule has 1 rings (SSSR count). The summed E-state index contributed by atoms with van der Waals surface area (Å²) in [7, 11) is 0. The van der Waals surface area contributed by atoms with Crippen molar-refractivity contribution < 1.29 is 20.1 Å². The van der Waals surface area contributed by atoms with Crippen LogP contribution in [-0.2, 0) is 4.79 Å². The Morgan fingerprint density at radius 1 is 1.22 bits per heavy atom. The molecule has 1 aliphatic heterocycles. The highest BCUT2D eigenvalue weighted by Crippen LogP contribution is 2.08. The smallest absolute Gasteiger partial charge is 0.234 e. The Balaban J connectivity index is 2.41. The average Bonchev–Trinajstić information content (AvgIpc) is 2.39. The molecule has 0 bridgehead atoms. The molecule has 0 radical (unpaired) electrons. The van der Waals surface area contributed by atoms with Crippen LogP contribution in [0.3, 0.4) is 0 Å². The summed E-state index contributed by atoms with van der Waals surface area (Å²) in [5, 5.41) is 29.8. The van der Waals surface area contributed by atoms with E-state index in [4.69, 9.17) is 21.1 Å². The number of rotatable bonds is 6. The molecule has 1 aliphatic rings. The number of aliphatic hydroxyl groups is 3. The van der Waals surface area contributed by atoms with Gasteiger partial charge in [-0.3, -0.25) is 9.69 Å². The van der Waals surface area contributed by atoms with Crippen molar-refractivity contribution in [1.29, 1.82) is 0 Å². The number of nitrogens with one attached hydrogen (secondary N) is 1. The third-order valence-electron chi connectivity index (χ3n) is 3.31. The van der Waals surface area contributed by atoms with E-state index >= 15 is 0 Å². The molecule has 0 aliphatic carbocycles. The summed E-state index contributed by atoms with van der Waals surface area (Å²) in [6.45, 7) is 0.205. The topological polar surface area (TPSA) is 119 Å². The van der Waals surface area contributed by atoms with Crippen LogP contribution in [0.15, 0.2) is 0 Å². The normalized spacial score (nSPS) is 18.9. The Kier molecular flexibility index (Phi) is 5.97. The standard InChI is InChI=1S/C11H23N3O4/c12-9-1-3-14(4-2-9)5-10(18)13-11(6-15,7-16)8-17/h9,15-17H,1-8,12H2,(H,13,18). The molecule has 0 saturated carbocycles. The van der Waals surface area contributed by atoms with Gasteiger partial charge in [-0.25, -0.2) is 0 Å². The third-order valence-corrected chi connectivity index (χ3v) is 3.31. The largest absolute Gasteiger partial charge is 0.394 e. The van der Waals surface area contributed by atoms with Gasteiger partial charge in [0.05, 0.1) is 26.4 Å². The van der Waals surface area contributed by atoms with Crippen LogP contribution in [0.4, 0.5) is 0 Å². The van der Waals surface area contributed by atoms with Crippen LogP contribution in [0.25, 0.3) is 0 Å². The average molecular weight is 261 g/mol. The van der Waals surface area contributed by atoms with Crippen molar-refractivity contribution >= 4 is 5.91 Å². The van der Waals surface area contributed by atoms with Gasteiger partial charge in [0, 0.05) is 19.1 Å². The molecule has 0 atom stereocenters. The third kappa shape index (κ3) is 4.18. The predicted octanol–water partition coefficient (Wildman–Crippen LogP) is -2.76. The molecule has 18 heavy (non-hydrogen) atoms. The second-order valence-corrected chi connectivity index (χ2v) is 4.92. The number of nitrogens with zero attached hydrogens (tertiary/aromatic N) is 1. The van der Waals surface area contributed by atoms with E-state index in [1.807, 2.05) is 4.90 Å². The maximum atomic E-state index is 11.8. The molecular formula is C11H23N3O4. The summed E-state index contributed by atoms with van der Waals surface area (Å²) in [5.41, 5.74) is 4.42. The molecule has 0 spiro atoms. The van der Waals surface area contributed by atoms with Crippen molar-refractivity contribution in [3.8, 4) is 0 Å². The fourth-order valence-electron chi connectivity index (χ4n) is 1.92. The highest BCUT2D eigenvalue weighted by molar-refractivity contribution is 5.79. The Labute approximate surface area is 107 Å². The molecule has 1 fully saturated rings. The monoisotopic (exact) mass is 261 g/mol. The summed E-state index contributed by atoms with van der Waals surface area (Å²) >= 11 is 0. The molecule has 7 heteroatoms. The second-order valence-electron chi connectivity index (χ2n) is 4.92. The number of hydrogen-bond donors (Lipinski definition) is 5. The van der Waals surface area contributed by atoms with Gasteiger partial charge in [0.1, 0.15) is 5.54 Å². The second kappa shape index (κ2) is 7.01. The molecule has 0 unspecified atom stereocenters. The van der Waals surface area contributed by atoms with Gasteiger partial charge >= 0.3 is 0 Å². The number of hydrogen-bond acceptors (Lipinski definition) is 6. The number of aliphatic hydroxyl groups excluding tert-OH is 3. The van der Waals surface area contributed by atoms with Crippen molar-refractivity contribution in [1.82, 2.24) is 10.2 Å². The summed E-state index contributed by atoms with van der Waals surface area (Å²) in [4.78, 5) is 13.7. The molecule has 106 valence electrons. The maximum Gasteiger partial charge on any atom is 0.234 e. The SMILES string of the molecule is NC1CCN(CC(=O)NC(CO)(CO)CO)CC1. The minimum Gasteiger partial charge on any atom is -0.394 e. The van der Waals surface area contributed by atoms with Crippen molar-refractivity contribution in [2.45, 2.75) is 24.4 Å². The summed E-state index contributed by atoms with van der Waals surface area (Å²) in [6, 6.07) is 0.204. The first-order chi connectivity index (χ1) is 8.55. The van der Waals surface area contributed by atoms with E-state index in [0.29, 0.717) is 0 Å². The van der Waals surface area contributed by atoms with E-state index in [-0.39, 0.29) is 18.5 Å². The first-order valence-electron chi connectivity index (χ1n) is 6.17. The van der Waals surface area contributed by atoms with Gasteiger partial charge in [0.2, 0.25) is 5.91 Å². The lowest BCUT2D eigenvalue weighted by Crippen LogP contribution is -2.59. The number of carbonyl (C=O) groups is 1. The van der Waals surface area contributed by atoms with E-state index in [2.05, 4.69) is 5.32 Å². The molecule has 6 N–H and O–H groups in total. The van der Waals surface area contributed by atoms with Crippen LogP contribution in [0.2, 0.25) is 0 Å². The first-order valence-corrected chi connectivity index (χ1v) is 6.17. The molecule has 1 amide bonds. The summed E-state index contributed by atoms with van der Waals surface area (Å²) in [5.74, 6) is -0.317. The number of likely N-dealkylation sites (tertiary alicyclic amines) is 1. The lowest BCUT2D eigenvalue weighted by atomic mass is 10.0. The Morgan fingerprint density at radius 3 is 2.17 bits per heavy atom. The van der Waals surface area contributed by atoms with Crippen LogP contribution >= 0.6 is 0 Å². The number of amides is 1. The predicted molar refractivity (Wildman–Crippen MR) is 65.8 cm³/mol. The fourth-order valence-corrected chi connectivity index (χ4v) is 1.92. The zero-order valence-electron chi connectivity index (χ0n) is 10.5. The highest BCUT2D eigenvalue weighted by atomic mass is 16.3. The molecule has 1 heterocycles. The van der Waals surface area contributed by atoms with Gasteiger partial charge in [-0.05, 0) is 12.8 Å². The zero-order chi connectivity index (χ0) is 13.6. The highest BCUT2D eigenvalue weighted by Gasteiger charge is 2.30. The lowest BCUT2D eigenvalue weighted by Gasteiger charge is -2.32. The number of piperidine rings is 1. The molecule has 0 aromatic carbocycles. The van der Waals surface area contributed by atoms with Crippen LogP contribution < -0.4 is 11.1 Å². The van der Waals surface area contributed by atoms with Crippen LogP contribution in [0.5, 0.6) is 0 Å². The summed E-state index contributed by atoms with van der Waals surface area (Å²) < 4.78 is 0. The fraction of sp³-hybridized carbons (Fsp3) is 0.909. The number of carbonyl (C=O) groups excluding carboxylic acids is 1. The number of nitrogens with two attached hydrogens (primary N) is 1. The lowest BCUT2D eigenvalue weighted by molar-refractivity contribution is -0.126. The molecular weight excluding hydrogens is 238 g/mol. The van der Waals surface area contributed by atoms with Crippen LogP contribution in [-0.4, -0.2) is 77.2 Å². The van der Waals surface area contributed by atoms with Crippen molar-refractivity contribution in [3.05, 3.63) is 0 Å². The van der Waals surface area contributed by atoms with E-state index in [1.165, 1.54) is 0 Å². The van der Waals surface area contributed by atoms with E-state index in [9.17, 15) is 4.79 Å². The van der Waals surface area contributed by atoms with Gasteiger partial charge in [-0.15, -0.1) is 0 Å². The van der Waals surface area contributed by atoms with Gasteiger partial charge in [-0.1, -0.05) is 0 Å². The first kappa shape index (κ1) is 15.3. The minimum atomic E-state index is -1.34. The van der Waals surface area contributed by atoms with Gasteiger partial charge < -0.3 is 26.4 Å². The Bertz CT molecular complexity index is 255. The molecule has 1 saturated heterocycles. The van der Waals surface area contributed by atoms with Gasteiger partial charge in [-0.2, -0.15) is 0 Å². The summed E-state index contributed by atoms with van der Waals surface area (Å²) in [6.07, 6.45) is 1.72. The Morgan fingerprint density at radius 2 is 1.72 bits per heavy atom. The van der Waals surface area contributed by atoms with E-state index in [1.54, 1.807) is 0 Å². The molecule has 0 aromatic rings. The molecule has 0 aromatic heterocycles. The Hall–Kier alpha value is -0.730. The maximum absolute atomic E-state index is 11.8. The van der Waals surface area contributed by atoms with Crippen LogP contribution in [0, 0.1) is 0 Å². The van der Waals surface area contributed by atoms with Gasteiger partial charge in [0.25, 0.3) is 0 Å². The van der Waals surface area contributed by atoms with E-state index in [0.717, 1.165) is 25.9 Å². The van der Waals surface area contributed by atoms with Crippen LogP contribution in [0.1, 0.15) is 12.8 Å². The van der Waals surface area contributed by atoms with Crippen molar-refractivity contribution in [2.24, 2.45) is 5.73 Å². The van der Waals surface area contributed by atoms with Crippen molar-refractivity contribution in [3.63, 3.8) is 0 Å². The zero-order valence-corrected chi connectivity index (χ0v) is 10.5. The molecule has 7 nitrogen and oxygen atoms in total. The quantitative estimate of drug-likeness (QED) is 0.353. The van der Waals surface area contributed by atoms with Crippen molar-refractivity contribution in [2.75, 3.05) is 39.5 Å². The minimum absolute atomic E-state index is 0.189.